The summed E-state index contributed by atoms with van der Waals surface area (Å²) in [6, 6.07) is 16.1. The maximum absolute atomic E-state index is 6.13. The van der Waals surface area contributed by atoms with Gasteiger partial charge in [0.25, 0.3) is 0 Å². The molecule has 2 aromatic carbocycles. The molecule has 182 valence electrons. The molecular formula is C22H30Cl2N10. The average molecular weight is 505 g/mol. The van der Waals surface area contributed by atoms with Crippen LogP contribution in [0.15, 0.2) is 68.5 Å². The summed E-state index contributed by atoms with van der Waals surface area (Å²) in [5.74, 6) is 0.977. The third kappa shape index (κ3) is 4.87. The van der Waals surface area contributed by atoms with Crippen molar-refractivity contribution >= 4 is 60.0 Å². The molecule has 2 heterocycles. The first kappa shape index (κ1) is 26.7. The zero-order valence-electron chi connectivity index (χ0n) is 19.4. The van der Waals surface area contributed by atoms with E-state index in [0.29, 0.717) is 11.9 Å². The highest BCUT2D eigenvalue weighted by Crippen LogP contribution is 2.32. The minimum Gasteiger partial charge on any atom is -0.369 e. The number of rotatable bonds is 3. The van der Waals surface area contributed by atoms with Gasteiger partial charge in [0.15, 0.2) is 0 Å². The molecular weight excluding hydrogens is 475 g/mol. The summed E-state index contributed by atoms with van der Waals surface area (Å²) in [6.45, 7) is 7.73. The summed E-state index contributed by atoms with van der Waals surface area (Å²) < 4.78 is 0. The summed E-state index contributed by atoms with van der Waals surface area (Å²) in [5.41, 5.74) is 26.4. The number of hydrogen-bond acceptors (Lipinski definition) is 10. The zero-order chi connectivity index (χ0) is 23.3. The summed E-state index contributed by atoms with van der Waals surface area (Å²) in [5, 5.41) is 0. The standard InChI is InChI=1S/C22H28N10.2ClH/c1-21(2)29-17(23)27-19(25)31(21)15-9-5-13(6-10-15)14-7-11-16(12-8-14)32-20(26)28-18(24)30-22(32,3)4;;/h5-12H,1-4H3,(H4,23,25,27,29)(H4,24,26,28,30);2*1H. The van der Waals surface area contributed by atoms with Gasteiger partial charge >= 0.3 is 0 Å². The van der Waals surface area contributed by atoms with Gasteiger partial charge in [-0.1, -0.05) is 24.3 Å². The quantitative estimate of drug-likeness (QED) is 0.502. The van der Waals surface area contributed by atoms with Crippen molar-refractivity contribution in [2.24, 2.45) is 42.9 Å². The number of nitrogens with two attached hydrogens (primary N) is 4. The van der Waals surface area contributed by atoms with Crippen LogP contribution in [0.25, 0.3) is 11.1 Å². The van der Waals surface area contributed by atoms with Crippen LogP contribution in [0.2, 0.25) is 0 Å². The van der Waals surface area contributed by atoms with E-state index in [4.69, 9.17) is 22.9 Å². The predicted molar refractivity (Wildman–Crippen MR) is 146 cm³/mol. The van der Waals surface area contributed by atoms with Crippen molar-refractivity contribution in [3.63, 3.8) is 0 Å². The summed E-state index contributed by atoms with van der Waals surface area (Å²) in [6.07, 6.45) is 0. The number of guanidine groups is 4. The molecule has 0 aliphatic carbocycles. The summed E-state index contributed by atoms with van der Waals surface area (Å²) in [7, 11) is 0. The smallest absolute Gasteiger partial charge is 0.220 e. The van der Waals surface area contributed by atoms with Gasteiger partial charge in [-0.3, -0.25) is 9.80 Å². The van der Waals surface area contributed by atoms with Crippen LogP contribution in [0.3, 0.4) is 0 Å². The van der Waals surface area contributed by atoms with Crippen LogP contribution in [0.4, 0.5) is 11.4 Å². The average Bonchev–Trinajstić information content (AvgIpc) is 2.66. The topological polar surface area (TPSA) is 160 Å². The second kappa shape index (κ2) is 9.40. The lowest BCUT2D eigenvalue weighted by atomic mass is 10.0. The van der Waals surface area contributed by atoms with Crippen LogP contribution in [-0.4, -0.2) is 35.2 Å². The maximum Gasteiger partial charge on any atom is 0.220 e. The Balaban J connectivity index is 0.00000204. The molecule has 0 amide bonds. The van der Waals surface area contributed by atoms with Gasteiger partial charge in [-0.15, -0.1) is 24.8 Å². The third-order valence-electron chi connectivity index (χ3n) is 5.37. The van der Waals surface area contributed by atoms with E-state index < -0.39 is 11.3 Å². The molecule has 2 aromatic rings. The zero-order valence-corrected chi connectivity index (χ0v) is 21.1. The molecule has 0 radical (unpaired) electrons. The van der Waals surface area contributed by atoms with Crippen LogP contribution >= 0.6 is 24.8 Å². The molecule has 0 unspecified atom stereocenters. The SMILES string of the molecule is CC1(C)N=C(N)N=C(N)N1c1ccc(-c2ccc(N3C(N)=NC(N)=NC3(C)C)cc2)cc1.Cl.Cl. The minimum atomic E-state index is -0.631. The van der Waals surface area contributed by atoms with Crippen LogP contribution < -0.4 is 32.7 Å². The number of nitrogens with zero attached hydrogens (tertiary/aromatic N) is 6. The highest BCUT2D eigenvalue weighted by molar-refractivity contribution is 6.06. The molecule has 0 spiro atoms. The van der Waals surface area contributed by atoms with Crippen LogP contribution in [0.1, 0.15) is 27.7 Å². The fourth-order valence-corrected chi connectivity index (χ4v) is 4.11. The Kier molecular flexibility index (Phi) is 7.39. The second-order valence-corrected chi connectivity index (χ2v) is 8.63. The molecule has 12 heteroatoms. The van der Waals surface area contributed by atoms with Gasteiger partial charge in [0.05, 0.1) is 0 Å². The first-order chi connectivity index (χ1) is 15.0. The molecule has 34 heavy (non-hydrogen) atoms. The lowest BCUT2D eigenvalue weighted by Crippen LogP contribution is -2.54. The molecule has 0 atom stereocenters. The molecule has 2 aliphatic heterocycles. The molecule has 0 aromatic heterocycles. The van der Waals surface area contributed by atoms with Gasteiger partial charge in [0.1, 0.15) is 11.3 Å². The van der Waals surface area contributed by atoms with Crippen molar-refractivity contribution in [2.45, 2.75) is 39.0 Å². The molecule has 0 saturated carbocycles. The van der Waals surface area contributed by atoms with Crippen LogP contribution in [0.5, 0.6) is 0 Å². The maximum atomic E-state index is 6.13. The largest absolute Gasteiger partial charge is 0.369 e. The number of benzene rings is 2. The Bertz CT molecular complexity index is 1070. The van der Waals surface area contributed by atoms with E-state index in [-0.39, 0.29) is 36.7 Å². The van der Waals surface area contributed by atoms with Crippen molar-refractivity contribution in [3.05, 3.63) is 48.5 Å². The molecule has 0 fully saturated rings. The molecule has 4 rings (SSSR count). The van der Waals surface area contributed by atoms with Crippen molar-refractivity contribution in [1.82, 2.24) is 0 Å². The van der Waals surface area contributed by atoms with E-state index in [2.05, 4.69) is 20.0 Å². The Morgan fingerprint density at radius 2 is 0.853 bits per heavy atom. The highest BCUT2D eigenvalue weighted by atomic mass is 35.5. The molecule has 8 N–H and O–H groups in total. The van der Waals surface area contributed by atoms with E-state index in [1.807, 2.05) is 86.0 Å². The molecule has 0 bridgehead atoms. The predicted octanol–water partition coefficient (Wildman–Crippen LogP) is 2.57. The van der Waals surface area contributed by atoms with Gasteiger partial charge < -0.3 is 22.9 Å². The van der Waals surface area contributed by atoms with Gasteiger partial charge in [-0.25, -0.2) is 9.98 Å². The fraction of sp³-hybridized carbons (Fsp3) is 0.273. The van der Waals surface area contributed by atoms with Crippen molar-refractivity contribution in [1.29, 1.82) is 0 Å². The van der Waals surface area contributed by atoms with Gasteiger partial charge in [0, 0.05) is 11.4 Å². The minimum absolute atomic E-state index is 0. The molecule has 0 saturated heterocycles. The van der Waals surface area contributed by atoms with Gasteiger partial charge in [-0.05, 0) is 63.1 Å². The first-order valence-electron chi connectivity index (χ1n) is 10.2. The number of halogens is 2. The van der Waals surface area contributed by atoms with Crippen LogP contribution in [-0.2, 0) is 0 Å². The highest BCUT2D eigenvalue weighted by Gasteiger charge is 2.34. The van der Waals surface area contributed by atoms with E-state index in [1.54, 1.807) is 0 Å². The summed E-state index contributed by atoms with van der Waals surface area (Å²) >= 11 is 0. The molecule has 10 nitrogen and oxygen atoms in total. The first-order valence-corrected chi connectivity index (χ1v) is 10.2. The van der Waals surface area contributed by atoms with Crippen LogP contribution in [0, 0.1) is 0 Å². The Labute approximate surface area is 211 Å². The lowest BCUT2D eigenvalue weighted by molar-refractivity contribution is 0.533. The van der Waals surface area contributed by atoms with Crippen molar-refractivity contribution in [3.8, 4) is 11.1 Å². The van der Waals surface area contributed by atoms with Gasteiger partial charge in [0.2, 0.25) is 23.8 Å². The van der Waals surface area contributed by atoms with Gasteiger partial charge in [-0.2, -0.15) is 9.98 Å². The number of anilines is 2. The van der Waals surface area contributed by atoms with E-state index in [0.717, 1.165) is 22.5 Å². The number of aliphatic imine (C=N–C) groups is 4. The van der Waals surface area contributed by atoms with E-state index in [1.165, 1.54) is 0 Å². The normalized spacial score (nSPS) is 18.5. The second-order valence-electron chi connectivity index (χ2n) is 8.63. The third-order valence-corrected chi connectivity index (χ3v) is 5.37. The molecule has 2 aliphatic rings. The monoisotopic (exact) mass is 504 g/mol. The fourth-order valence-electron chi connectivity index (χ4n) is 4.11. The van der Waals surface area contributed by atoms with Crippen molar-refractivity contribution < 1.29 is 0 Å². The Hall–Kier alpha value is -3.50. The Morgan fingerprint density at radius 1 is 0.559 bits per heavy atom. The van der Waals surface area contributed by atoms with E-state index >= 15 is 0 Å². The van der Waals surface area contributed by atoms with Crippen molar-refractivity contribution in [2.75, 3.05) is 9.80 Å². The summed E-state index contributed by atoms with van der Waals surface area (Å²) in [4.78, 5) is 20.7. The number of hydrogen-bond donors (Lipinski definition) is 4. The van der Waals surface area contributed by atoms with E-state index in [9.17, 15) is 0 Å². The Morgan fingerprint density at radius 3 is 1.12 bits per heavy atom. The lowest BCUT2D eigenvalue weighted by Gasteiger charge is -2.38.